The molecule has 0 spiro atoms. The highest BCUT2D eigenvalue weighted by atomic mass is 16.4. The van der Waals surface area contributed by atoms with Crippen molar-refractivity contribution >= 4 is 34.3 Å². The van der Waals surface area contributed by atoms with Gasteiger partial charge in [-0.1, -0.05) is 12.1 Å². The summed E-state index contributed by atoms with van der Waals surface area (Å²) in [4.78, 5) is 21.3. The zero-order chi connectivity index (χ0) is 18.7. The van der Waals surface area contributed by atoms with Crippen LogP contribution in [0.3, 0.4) is 0 Å². The number of H-pyrrole nitrogens is 1. The Hall–Kier alpha value is -3.62. The van der Waals surface area contributed by atoms with Crippen molar-refractivity contribution in [2.45, 2.75) is 13.8 Å². The first-order chi connectivity index (χ1) is 11.7. The molecule has 0 amide bonds. The molecule has 1 aromatic heterocycles. The Balaban J connectivity index is 0.000000181. The number of aromatic amines is 1. The summed E-state index contributed by atoms with van der Waals surface area (Å²) in [5, 5.41) is 27.5. The van der Waals surface area contributed by atoms with Crippen molar-refractivity contribution in [2.24, 2.45) is 0 Å². The van der Waals surface area contributed by atoms with Crippen molar-refractivity contribution in [3.8, 4) is 0 Å². The van der Waals surface area contributed by atoms with E-state index in [4.69, 9.17) is 21.7 Å². The monoisotopic (exact) mass is 343 g/mol. The maximum atomic E-state index is 10.7. The van der Waals surface area contributed by atoms with Crippen molar-refractivity contribution in [3.63, 3.8) is 0 Å². The number of benzene rings is 2. The van der Waals surface area contributed by atoms with Gasteiger partial charge in [0.15, 0.2) is 0 Å². The molecule has 7 N–H and O–H groups in total. The van der Waals surface area contributed by atoms with Gasteiger partial charge in [-0.2, -0.15) is 15.4 Å². The summed E-state index contributed by atoms with van der Waals surface area (Å²) in [6.45, 7) is 3.63. The van der Waals surface area contributed by atoms with Crippen LogP contribution in [-0.4, -0.2) is 37.6 Å². The predicted octanol–water partition coefficient (Wildman–Crippen LogP) is 1.82. The summed E-state index contributed by atoms with van der Waals surface area (Å²) in [5.74, 6) is -2.04. The Morgan fingerprint density at radius 3 is 1.96 bits per heavy atom. The minimum Gasteiger partial charge on any atom is -0.478 e. The van der Waals surface area contributed by atoms with Crippen LogP contribution in [0.1, 0.15) is 31.8 Å². The van der Waals surface area contributed by atoms with Crippen LogP contribution in [0.15, 0.2) is 24.3 Å². The molecule has 0 fully saturated rings. The van der Waals surface area contributed by atoms with Gasteiger partial charge in [-0.25, -0.2) is 9.59 Å². The highest BCUT2D eigenvalue weighted by Crippen LogP contribution is 2.23. The molecular formula is C16H17N5O4. The van der Waals surface area contributed by atoms with E-state index in [2.05, 4.69) is 15.4 Å². The van der Waals surface area contributed by atoms with E-state index >= 15 is 0 Å². The Kier molecular flexibility index (Phi) is 4.87. The maximum Gasteiger partial charge on any atom is 0.338 e. The molecule has 3 aromatic rings. The predicted molar refractivity (Wildman–Crippen MR) is 92.5 cm³/mol. The summed E-state index contributed by atoms with van der Waals surface area (Å²) >= 11 is 0. The lowest BCUT2D eigenvalue weighted by atomic mass is 10.1. The fourth-order valence-electron chi connectivity index (χ4n) is 2.16. The molecule has 25 heavy (non-hydrogen) atoms. The van der Waals surface area contributed by atoms with Crippen LogP contribution in [-0.2, 0) is 0 Å². The van der Waals surface area contributed by atoms with E-state index in [9.17, 15) is 9.59 Å². The molecule has 9 nitrogen and oxygen atoms in total. The molecule has 3 rings (SSSR count). The number of aromatic carboxylic acids is 2. The smallest absolute Gasteiger partial charge is 0.338 e. The highest BCUT2D eigenvalue weighted by molar-refractivity contribution is 6.01. The second-order valence-corrected chi connectivity index (χ2v) is 5.32. The van der Waals surface area contributed by atoms with Crippen molar-refractivity contribution in [1.29, 1.82) is 0 Å². The average molecular weight is 343 g/mol. The number of carbonyl (C=O) groups is 2. The van der Waals surface area contributed by atoms with E-state index in [-0.39, 0.29) is 16.8 Å². The molecule has 0 aliphatic rings. The largest absolute Gasteiger partial charge is 0.478 e. The van der Waals surface area contributed by atoms with E-state index < -0.39 is 11.9 Å². The van der Waals surface area contributed by atoms with Crippen LogP contribution in [0.25, 0.3) is 11.0 Å². The van der Waals surface area contributed by atoms with E-state index in [0.29, 0.717) is 16.7 Å². The lowest BCUT2D eigenvalue weighted by Crippen LogP contribution is -2.06. The normalized spacial score (nSPS) is 10.2. The van der Waals surface area contributed by atoms with Crippen molar-refractivity contribution < 1.29 is 19.8 Å². The number of nitrogen functional groups attached to an aromatic ring is 2. The van der Waals surface area contributed by atoms with Crippen molar-refractivity contribution in [1.82, 2.24) is 15.4 Å². The zero-order valence-corrected chi connectivity index (χ0v) is 13.6. The number of carboxylic acid groups (broad SMARTS) is 2. The second-order valence-electron chi connectivity index (χ2n) is 5.32. The summed E-state index contributed by atoms with van der Waals surface area (Å²) < 4.78 is 0. The van der Waals surface area contributed by atoms with Crippen LogP contribution in [0.4, 0.5) is 11.4 Å². The minimum atomic E-state index is -1.06. The molecule has 0 radical (unpaired) electrons. The number of nitrogens with one attached hydrogen (secondary N) is 1. The van der Waals surface area contributed by atoms with Gasteiger partial charge >= 0.3 is 11.9 Å². The van der Waals surface area contributed by atoms with Gasteiger partial charge in [0.05, 0.1) is 22.5 Å². The number of hydrogen-bond donors (Lipinski definition) is 5. The van der Waals surface area contributed by atoms with E-state index in [0.717, 1.165) is 11.1 Å². The van der Waals surface area contributed by atoms with Crippen molar-refractivity contribution in [2.75, 3.05) is 11.5 Å². The van der Waals surface area contributed by atoms with Gasteiger partial charge in [0, 0.05) is 0 Å². The fraction of sp³-hybridized carbons (Fsp3) is 0.125. The molecule has 1 heterocycles. The Labute approximate surface area is 142 Å². The van der Waals surface area contributed by atoms with E-state index in [1.165, 1.54) is 12.1 Å². The summed E-state index contributed by atoms with van der Waals surface area (Å²) in [6, 6.07) is 6.33. The molecule has 0 bridgehead atoms. The third kappa shape index (κ3) is 3.50. The van der Waals surface area contributed by atoms with Crippen LogP contribution < -0.4 is 11.5 Å². The topological polar surface area (TPSA) is 168 Å². The van der Waals surface area contributed by atoms with Gasteiger partial charge < -0.3 is 21.7 Å². The standard InChI is InChI=1S/C8H7N3O2.C8H10N2O2/c1-4-2-3-5(8(12)13)7-6(4)9-11-10-7;1-4-2-3-5(8(11)12)7(10)6(4)9/h2-3H,1H3,(H,12,13)(H,9,10,11);2-3H,9-10H2,1H3,(H,11,12). The number of nitrogens with two attached hydrogens (primary N) is 2. The molecule has 130 valence electrons. The molecule has 0 atom stereocenters. The van der Waals surface area contributed by atoms with E-state index in [1.807, 2.05) is 6.92 Å². The number of rotatable bonds is 2. The lowest BCUT2D eigenvalue weighted by Gasteiger charge is -2.06. The third-order valence-corrected chi connectivity index (χ3v) is 3.64. The molecule has 0 unspecified atom stereocenters. The summed E-state index contributed by atoms with van der Waals surface area (Å²) in [7, 11) is 0. The number of carboxylic acids is 2. The average Bonchev–Trinajstić information content (AvgIpc) is 3.03. The van der Waals surface area contributed by atoms with Crippen molar-refractivity contribution in [3.05, 3.63) is 46.5 Å². The van der Waals surface area contributed by atoms with Crippen LogP contribution in [0, 0.1) is 13.8 Å². The van der Waals surface area contributed by atoms with Crippen LogP contribution in [0.5, 0.6) is 0 Å². The van der Waals surface area contributed by atoms with Crippen LogP contribution in [0.2, 0.25) is 0 Å². The van der Waals surface area contributed by atoms with Crippen LogP contribution >= 0.6 is 0 Å². The first-order valence-electron chi connectivity index (χ1n) is 7.15. The first-order valence-corrected chi connectivity index (χ1v) is 7.15. The van der Waals surface area contributed by atoms with Gasteiger partial charge in [0.25, 0.3) is 0 Å². The molecule has 2 aromatic carbocycles. The fourth-order valence-corrected chi connectivity index (χ4v) is 2.16. The number of hydrogen-bond acceptors (Lipinski definition) is 6. The number of aryl methyl sites for hydroxylation is 2. The van der Waals surface area contributed by atoms with Gasteiger partial charge in [0.2, 0.25) is 0 Å². The lowest BCUT2D eigenvalue weighted by molar-refractivity contribution is 0.0687. The Bertz CT molecular complexity index is 965. The molecule has 0 aliphatic carbocycles. The number of aromatic nitrogens is 3. The molecular weight excluding hydrogens is 326 g/mol. The SMILES string of the molecule is Cc1ccc(C(=O)O)c(N)c1N.Cc1ccc(C(=O)O)c2n[nH]nc12. The first kappa shape index (κ1) is 17.7. The minimum absolute atomic E-state index is 0.0538. The summed E-state index contributed by atoms with van der Waals surface area (Å²) in [6.07, 6.45) is 0. The number of fused-ring (bicyclic) bond motifs is 1. The van der Waals surface area contributed by atoms with Gasteiger partial charge in [0.1, 0.15) is 11.0 Å². The van der Waals surface area contributed by atoms with Gasteiger partial charge in [-0.15, -0.1) is 0 Å². The molecule has 9 heteroatoms. The Morgan fingerprint density at radius 2 is 1.36 bits per heavy atom. The van der Waals surface area contributed by atoms with E-state index in [1.54, 1.807) is 19.1 Å². The number of nitrogens with zero attached hydrogens (tertiary/aromatic N) is 2. The maximum absolute atomic E-state index is 10.7. The zero-order valence-electron chi connectivity index (χ0n) is 13.6. The van der Waals surface area contributed by atoms with Gasteiger partial charge in [-0.05, 0) is 37.1 Å². The Morgan fingerprint density at radius 1 is 0.840 bits per heavy atom. The highest BCUT2D eigenvalue weighted by Gasteiger charge is 2.12. The van der Waals surface area contributed by atoms with Gasteiger partial charge in [-0.3, -0.25) is 0 Å². The second kappa shape index (κ2) is 6.87. The number of anilines is 2. The summed E-state index contributed by atoms with van der Waals surface area (Å²) in [5.41, 5.74) is 14.4. The molecule has 0 saturated carbocycles. The quantitative estimate of drug-likeness (QED) is 0.439. The molecule has 0 saturated heterocycles. The molecule has 0 aliphatic heterocycles. The third-order valence-electron chi connectivity index (χ3n) is 3.64.